The quantitative estimate of drug-likeness (QED) is 0.702. The SMILES string of the molecule is CCCCCNc1ncc(C(=O)Nc2ccc(C)c(Br)c2)cn1. The average Bonchev–Trinajstić information content (AvgIpc) is 2.55. The molecule has 6 heteroatoms. The number of carbonyl (C=O) groups excluding carboxylic acids is 1. The molecule has 1 amide bonds. The fourth-order valence-corrected chi connectivity index (χ4v) is 2.36. The Hall–Kier alpha value is -1.95. The highest BCUT2D eigenvalue weighted by Gasteiger charge is 2.08. The highest BCUT2D eigenvalue weighted by atomic mass is 79.9. The van der Waals surface area contributed by atoms with Gasteiger partial charge >= 0.3 is 0 Å². The molecule has 1 heterocycles. The van der Waals surface area contributed by atoms with Crippen molar-refractivity contribution in [2.24, 2.45) is 0 Å². The smallest absolute Gasteiger partial charge is 0.258 e. The Bertz CT molecular complexity index is 658. The van der Waals surface area contributed by atoms with Crippen LogP contribution in [0.5, 0.6) is 0 Å². The lowest BCUT2D eigenvalue weighted by molar-refractivity contribution is 0.102. The molecule has 0 radical (unpaired) electrons. The molecule has 122 valence electrons. The summed E-state index contributed by atoms with van der Waals surface area (Å²) in [6.45, 7) is 5.00. The number of hydrogen-bond acceptors (Lipinski definition) is 4. The third kappa shape index (κ3) is 5.32. The van der Waals surface area contributed by atoms with Crippen LogP contribution in [-0.2, 0) is 0 Å². The Balaban J connectivity index is 1.93. The minimum atomic E-state index is -0.224. The molecule has 0 saturated carbocycles. The fraction of sp³-hybridized carbons (Fsp3) is 0.353. The topological polar surface area (TPSA) is 66.9 Å². The number of rotatable bonds is 7. The second-order valence-electron chi connectivity index (χ2n) is 5.35. The number of nitrogens with one attached hydrogen (secondary N) is 2. The largest absolute Gasteiger partial charge is 0.354 e. The summed E-state index contributed by atoms with van der Waals surface area (Å²) in [6.07, 6.45) is 6.52. The Morgan fingerprint density at radius 2 is 1.96 bits per heavy atom. The van der Waals surface area contributed by atoms with E-state index in [0.717, 1.165) is 28.7 Å². The molecule has 1 aromatic heterocycles. The van der Waals surface area contributed by atoms with Gasteiger partial charge < -0.3 is 10.6 Å². The molecular weight excluding hydrogens is 356 g/mol. The van der Waals surface area contributed by atoms with Crippen LogP contribution in [-0.4, -0.2) is 22.4 Å². The molecule has 0 bridgehead atoms. The molecule has 0 aliphatic rings. The van der Waals surface area contributed by atoms with E-state index in [4.69, 9.17) is 0 Å². The van der Waals surface area contributed by atoms with E-state index in [9.17, 15) is 4.79 Å². The summed E-state index contributed by atoms with van der Waals surface area (Å²) >= 11 is 3.45. The third-order valence-corrected chi connectivity index (χ3v) is 4.26. The number of unbranched alkanes of at least 4 members (excludes halogenated alkanes) is 2. The molecule has 2 N–H and O–H groups in total. The summed E-state index contributed by atoms with van der Waals surface area (Å²) < 4.78 is 0.957. The summed E-state index contributed by atoms with van der Waals surface area (Å²) in [5, 5.41) is 5.99. The Morgan fingerprint density at radius 3 is 2.61 bits per heavy atom. The lowest BCUT2D eigenvalue weighted by Crippen LogP contribution is -2.13. The maximum absolute atomic E-state index is 12.2. The number of anilines is 2. The molecule has 0 aliphatic carbocycles. The maximum atomic E-state index is 12.2. The second kappa shape index (κ2) is 8.62. The standard InChI is InChI=1S/C17H21BrN4O/c1-3-4-5-8-19-17-20-10-13(11-21-17)16(23)22-14-7-6-12(2)15(18)9-14/h6-7,9-11H,3-5,8H2,1-2H3,(H,22,23)(H,19,20,21). The van der Waals surface area contributed by atoms with Gasteiger partial charge in [-0.05, 0) is 31.0 Å². The third-order valence-electron chi connectivity index (χ3n) is 3.41. The first-order chi connectivity index (χ1) is 11.1. The fourth-order valence-electron chi connectivity index (χ4n) is 1.99. The Labute approximate surface area is 145 Å². The molecule has 0 fully saturated rings. The van der Waals surface area contributed by atoms with Gasteiger partial charge in [0.1, 0.15) is 0 Å². The van der Waals surface area contributed by atoms with E-state index in [2.05, 4.69) is 43.5 Å². The first-order valence-corrected chi connectivity index (χ1v) is 8.53. The van der Waals surface area contributed by atoms with Gasteiger partial charge in [0, 0.05) is 29.1 Å². The van der Waals surface area contributed by atoms with Gasteiger partial charge in [0.2, 0.25) is 5.95 Å². The van der Waals surface area contributed by atoms with E-state index in [1.165, 1.54) is 25.2 Å². The maximum Gasteiger partial charge on any atom is 0.258 e. The van der Waals surface area contributed by atoms with Crippen molar-refractivity contribution >= 4 is 33.5 Å². The summed E-state index contributed by atoms with van der Waals surface area (Å²) in [5.74, 6) is 0.328. The van der Waals surface area contributed by atoms with Crippen LogP contribution in [0.4, 0.5) is 11.6 Å². The number of nitrogens with zero attached hydrogens (tertiary/aromatic N) is 2. The van der Waals surface area contributed by atoms with Gasteiger partial charge in [-0.3, -0.25) is 4.79 Å². The van der Waals surface area contributed by atoms with Crippen molar-refractivity contribution < 1.29 is 4.79 Å². The Kier molecular flexibility index (Phi) is 6.52. The summed E-state index contributed by atoms with van der Waals surface area (Å²) in [5.41, 5.74) is 2.28. The van der Waals surface area contributed by atoms with Crippen molar-refractivity contribution in [1.29, 1.82) is 0 Å². The molecule has 0 unspecified atom stereocenters. The van der Waals surface area contributed by atoms with Crippen LogP contribution in [0.2, 0.25) is 0 Å². The molecule has 2 rings (SSSR count). The molecule has 2 aromatic rings. The number of aryl methyl sites for hydroxylation is 1. The summed E-state index contributed by atoms with van der Waals surface area (Å²) in [4.78, 5) is 20.6. The number of carbonyl (C=O) groups is 1. The summed E-state index contributed by atoms with van der Waals surface area (Å²) in [7, 11) is 0. The summed E-state index contributed by atoms with van der Waals surface area (Å²) in [6, 6.07) is 5.68. The second-order valence-corrected chi connectivity index (χ2v) is 6.20. The van der Waals surface area contributed by atoms with Gasteiger partial charge in [-0.25, -0.2) is 9.97 Å². The molecule has 1 aromatic carbocycles. The molecule has 5 nitrogen and oxygen atoms in total. The first kappa shape index (κ1) is 17.4. The number of amides is 1. The zero-order chi connectivity index (χ0) is 16.7. The van der Waals surface area contributed by atoms with Crippen LogP contribution >= 0.6 is 15.9 Å². The Morgan fingerprint density at radius 1 is 1.22 bits per heavy atom. The highest BCUT2D eigenvalue weighted by molar-refractivity contribution is 9.10. The lowest BCUT2D eigenvalue weighted by atomic mass is 10.2. The van der Waals surface area contributed by atoms with E-state index < -0.39 is 0 Å². The van der Waals surface area contributed by atoms with Crippen LogP contribution in [0.1, 0.15) is 42.1 Å². The van der Waals surface area contributed by atoms with Crippen molar-refractivity contribution in [2.45, 2.75) is 33.1 Å². The number of benzene rings is 1. The predicted molar refractivity (Wildman–Crippen MR) is 96.9 cm³/mol. The van der Waals surface area contributed by atoms with Gasteiger partial charge in [-0.15, -0.1) is 0 Å². The minimum absolute atomic E-state index is 0.224. The molecule has 23 heavy (non-hydrogen) atoms. The van der Waals surface area contributed by atoms with Crippen molar-refractivity contribution in [3.05, 3.63) is 46.2 Å². The van der Waals surface area contributed by atoms with Gasteiger partial charge in [-0.1, -0.05) is 41.8 Å². The van der Waals surface area contributed by atoms with Crippen molar-refractivity contribution in [3.8, 4) is 0 Å². The van der Waals surface area contributed by atoms with E-state index in [1.54, 1.807) is 0 Å². The van der Waals surface area contributed by atoms with Gasteiger partial charge in [0.15, 0.2) is 0 Å². The van der Waals surface area contributed by atoms with Crippen molar-refractivity contribution in [3.63, 3.8) is 0 Å². The van der Waals surface area contributed by atoms with E-state index in [0.29, 0.717) is 11.5 Å². The molecule has 0 saturated heterocycles. The zero-order valence-corrected chi connectivity index (χ0v) is 15.0. The zero-order valence-electron chi connectivity index (χ0n) is 13.4. The van der Waals surface area contributed by atoms with Crippen LogP contribution in [0.3, 0.4) is 0 Å². The number of halogens is 1. The monoisotopic (exact) mass is 376 g/mol. The number of hydrogen-bond donors (Lipinski definition) is 2. The minimum Gasteiger partial charge on any atom is -0.354 e. The van der Waals surface area contributed by atoms with Gasteiger partial charge in [0.05, 0.1) is 5.56 Å². The number of aromatic nitrogens is 2. The van der Waals surface area contributed by atoms with Crippen LogP contribution in [0.15, 0.2) is 35.1 Å². The molecule has 0 atom stereocenters. The highest BCUT2D eigenvalue weighted by Crippen LogP contribution is 2.21. The molecular formula is C17H21BrN4O. The van der Waals surface area contributed by atoms with Crippen molar-refractivity contribution in [1.82, 2.24) is 9.97 Å². The van der Waals surface area contributed by atoms with E-state index in [-0.39, 0.29) is 5.91 Å². The van der Waals surface area contributed by atoms with Crippen LogP contribution < -0.4 is 10.6 Å². The molecule has 0 aliphatic heterocycles. The van der Waals surface area contributed by atoms with Crippen LogP contribution in [0, 0.1) is 6.92 Å². The first-order valence-electron chi connectivity index (χ1n) is 7.73. The van der Waals surface area contributed by atoms with Crippen LogP contribution in [0.25, 0.3) is 0 Å². The molecule has 0 spiro atoms. The van der Waals surface area contributed by atoms with Gasteiger partial charge in [-0.2, -0.15) is 0 Å². The lowest BCUT2D eigenvalue weighted by Gasteiger charge is -2.08. The van der Waals surface area contributed by atoms with Crippen molar-refractivity contribution in [2.75, 3.05) is 17.2 Å². The average molecular weight is 377 g/mol. The van der Waals surface area contributed by atoms with Gasteiger partial charge in [0.25, 0.3) is 5.91 Å². The van der Waals surface area contributed by atoms with E-state index in [1.807, 2.05) is 25.1 Å². The van der Waals surface area contributed by atoms with E-state index >= 15 is 0 Å². The normalized spacial score (nSPS) is 10.4. The predicted octanol–water partition coefficient (Wildman–Crippen LogP) is 4.40.